The van der Waals surface area contributed by atoms with Crippen LogP contribution in [0.3, 0.4) is 0 Å². The van der Waals surface area contributed by atoms with Gasteiger partial charge in [-0.05, 0) is 112 Å². The zero-order chi connectivity index (χ0) is 35.6. The SMILES string of the molecule is Sc1cc(-c2ccc(N(c3ccccc3)c3ccccc3)s2)ccc1-c1ccc(-c2ccc(N(c3ccccc3)c3ccccc3)s2)c2ccccc12. The molecule has 9 aromatic rings. The Balaban J connectivity index is 1.05. The second-order valence-electron chi connectivity index (χ2n) is 12.7. The summed E-state index contributed by atoms with van der Waals surface area (Å²) in [6.45, 7) is 0. The molecule has 254 valence electrons. The molecular formula is C48H34N2S3. The lowest BCUT2D eigenvalue weighted by Gasteiger charge is -2.23. The predicted octanol–water partition coefficient (Wildman–Crippen LogP) is 15.2. The van der Waals surface area contributed by atoms with Gasteiger partial charge in [0.25, 0.3) is 0 Å². The summed E-state index contributed by atoms with van der Waals surface area (Å²) in [6.07, 6.45) is 0. The zero-order valence-electron chi connectivity index (χ0n) is 28.7. The Labute approximate surface area is 323 Å². The number of hydrogen-bond acceptors (Lipinski definition) is 5. The molecule has 0 saturated carbocycles. The lowest BCUT2D eigenvalue weighted by atomic mass is 9.94. The minimum atomic E-state index is 0.957. The molecule has 0 unspecified atom stereocenters. The molecule has 2 aromatic heterocycles. The highest BCUT2D eigenvalue weighted by Gasteiger charge is 2.19. The Morgan fingerprint density at radius 2 is 0.736 bits per heavy atom. The lowest BCUT2D eigenvalue weighted by molar-refractivity contribution is 1.32. The third-order valence-corrected chi connectivity index (χ3v) is 12.0. The number of benzene rings is 7. The van der Waals surface area contributed by atoms with Crippen molar-refractivity contribution in [2.75, 3.05) is 9.80 Å². The zero-order valence-corrected chi connectivity index (χ0v) is 31.2. The van der Waals surface area contributed by atoms with Gasteiger partial charge in [0.1, 0.15) is 10.0 Å². The Morgan fingerprint density at radius 1 is 0.340 bits per heavy atom. The molecule has 0 aliphatic heterocycles. The highest BCUT2D eigenvalue weighted by Crippen LogP contribution is 2.46. The Kier molecular flexibility index (Phi) is 9.12. The lowest BCUT2D eigenvalue weighted by Crippen LogP contribution is -2.07. The summed E-state index contributed by atoms with van der Waals surface area (Å²) in [5, 5.41) is 4.78. The highest BCUT2D eigenvalue weighted by atomic mass is 32.1. The van der Waals surface area contributed by atoms with Crippen LogP contribution in [0.15, 0.2) is 205 Å². The molecule has 0 amide bonds. The molecule has 7 aromatic carbocycles. The molecule has 5 heteroatoms. The summed E-state index contributed by atoms with van der Waals surface area (Å²) in [6, 6.07) is 71.1. The normalized spacial score (nSPS) is 11.1. The van der Waals surface area contributed by atoms with Crippen molar-refractivity contribution in [2.24, 2.45) is 0 Å². The third kappa shape index (κ3) is 6.55. The molecule has 0 N–H and O–H groups in total. The number of rotatable bonds is 9. The van der Waals surface area contributed by atoms with Gasteiger partial charge >= 0.3 is 0 Å². The second kappa shape index (κ2) is 14.6. The Morgan fingerprint density at radius 3 is 1.23 bits per heavy atom. The van der Waals surface area contributed by atoms with Crippen molar-refractivity contribution in [2.45, 2.75) is 4.90 Å². The van der Waals surface area contributed by atoms with Gasteiger partial charge in [-0.15, -0.1) is 35.3 Å². The van der Waals surface area contributed by atoms with E-state index in [4.69, 9.17) is 12.6 Å². The van der Waals surface area contributed by atoms with E-state index < -0.39 is 0 Å². The molecule has 0 radical (unpaired) electrons. The minimum Gasteiger partial charge on any atom is -0.302 e. The van der Waals surface area contributed by atoms with Crippen LogP contribution in [0.5, 0.6) is 0 Å². The fraction of sp³-hybridized carbons (Fsp3) is 0. The van der Waals surface area contributed by atoms with Crippen LogP contribution < -0.4 is 9.80 Å². The van der Waals surface area contributed by atoms with E-state index in [1.54, 1.807) is 11.3 Å². The average Bonchev–Trinajstić information content (AvgIpc) is 3.91. The van der Waals surface area contributed by atoms with E-state index in [1.165, 1.54) is 36.7 Å². The maximum absolute atomic E-state index is 5.10. The molecule has 0 aliphatic carbocycles. The summed E-state index contributed by atoms with van der Waals surface area (Å²) in [7, 11) is 0. The van der Waals surface area contributed by atoms with Crippen LogP contribution in [0, 0.1) is 0 Å². The van der Waals surface area contributed by atoms with Gasteiger partial charge in [-0.3, -0.25) is 0 Å². The van der Waals surface area contributed by atoms with Crippen LogP contribution in [-0.4, -0.2) is 0 Å². The monoisotopic (exact) mass is 734 g/mol. The smallest absolute Gasteiger partial charge is 0.101 e. The second-order valence-corrected chi connectivity index (χ2v) is 15.3. The van der Waals surface area contributed by atoms with Crippen LogP contribution in [0.2, 0.25) is 0 Å². The first-order valence-electron chi connectivity index (χ1n) is 17.6. The number of anilines is 6. The molecule has 0 spiro atoms. The van der Waals surface area contributed by atoms with E-state index in [0.717, 1.165) is 43.8 Å². The number of thiophene rings is 2. The van der Waals surface area contributed by atoms with Crippen molar-refractivity contribution in [1.82, 2.24) is 0 Å². The fourth-order valence-electron chi connectivity index (χ4n) is 6.97. The van der Waals surface area contributed by atoms with Crippen LogP contribution >= 0.6 is 35.3 Å². The van der Waals surface area contributed by atoms with Crippen molar-refractivity contribution in [3.05, 3.63) is 200 Å². The molecule has 0 saturated heterocycles. The van der Waals surface area contributed by atoms with E-state index in [9.17, 15) is 0 Å². The van der Waals surface area contributed by atoms with Gasteiger partial charge in [0.15, 0.2) is 0 Å². The summed E-state index contributed by atoms with van der Waals surface area (Å²) in [4.78, 5) is 8.03. The molecule has 0 aliphatic rings. The standard InChI is InChI=1S/C48H34N2S3/c51-44-33-34(45-29-31-47(52-45)49(35-15-5-1-6-16-35)36-17-7-2-8-18-36)25-26-42(44)41-27-28-43(40-24-14-13-23-39(40)41)46-30-32-48(53-46)50(37-19-9-3-10-20-37)38-21-11-4-12-22-38/h1-33,51H. The summed E-state index contributed by atoms with van der Waals surface area (Å²) < 4.78 is 0. The molecule has 0 atom stereocenters. The van der Waals surface area contributed by atoms with Gasteiger partial charge in [0.2, 0.25) is 0 Å². The van der Waals surface area contributed by atoms with Gasteiger partial charge in [-0.2, -0.15) is 0 Å². The van der Waals surface area contributed by atoms with Crippen LogP contribution in [-0.2, 0) is 0 Å². The van der Waals surface area contributed by atoms with Gasteiger partial charge in [0.05, 0.1) is 0 Å². The van der Waals surface area contributed by atoms with Crippen molar-refractivity contribution < 1.29 is 0 Å². The van der Waals surface area contributed by atoms with E-state index in [-0.39, 0.29) is 0 Å². The molecular weight excluding hydrogens is 701 g/mol. The number of para-hydroxylation sites is 4. The maximum atomic E-state index is 5.10. The van der Waals surface area contributed by atoms with E-state index in [1.807, 2.05) is 11.3 Å². The molecule has 2 heterocycles. The van der Waals surface area contributed by atoms with Crippen molar-refractivity contribution in [1.29, 1.82) is 0 Å². The van der Waals surface area contributed by atoms with Crippen molar-refractivity contribution >= 4 is 78.8 Å². The summed E-state index contributed by atoms with van der Waals surface area (Å²) in [5.41, 5.74) is 9.24. The minimum absolute atomic E-state index is 0.957. The Hall–Kier alpha value is -5.85. The third-order valence-electron chi connectivity index (χ3n) is 9.44. The van der Waals surface area contributed by atoms with E-state index >= 15 is 0 Å². The topological polar surface area (TPSA) is 6.48 Å². The van der Waals surface area contributed by atoms with E-state index in [2.05, 4.69) is 210 Å². The van der Waals surface area contributed by atoms with Crippen molar-refractivity contribution in [3.8, 4) is 32.0 Å². The quantitative estimate of drug-likeness (QED) is 0.148. The van der Waals surface area contributed by atoms with Crippen molar-refractivity contribution in [3.63, 3.8) is 0 Å². The Bertz CT molecular complexity index is 2550. The molecule has 9 rings (SSSR count). The van der Waals surface area contributed by atoms with Crippen LogP contribution in [0.4, 0.5) is 32.8 Å². The highest BCUT2D eigenvalue weighted by molar-refractivity contribution is 7.80. The number of hydrogen-bond donors (Lipinski definition) is 1. The fourth-order valence-corrected chi connectivity index (χ4v) is 9.44. The first kappa shape index (κ1) is 33.0. The van der Waals surface area contributed by atoms with Gasteiger partial charge in [0, 0.05) is 37.4 Å². The summed E-state index contributed by atoms with van der Waals surface area (Å²) in [5.74, 6) is 0. The van der Waals surface area contributed by atoms with Gasteiger partial charge < -0.3 is 9.80 Å². The largest absolute Gasteiger partial charge is 0.302 e. The van der Waals surface area contributed by atoms with Gasteiger partial charge in [-0.25, -0.2) is 0 Å². The number of fused-ring (bicyclic) bond motifs is 1. The predicted molar refractivity (Wildman–Crippen MR) is 233 cm³/mol. The number of nitrogens with zero attached hydrogens (tertiary/aromatic N) is 2. The molecule has 0 fully saturated rings. The van der Waals surface area contributed by atoms with Crippen LogP contribution in [0.25, 0.3) is 42.8 Å². The summed E-state index contributed by atoms with van der Waals surface area (Å²) >= 11 is 8.70. The van der Waals surface area contributed by atoms with E-state index in [0.29, 0.717) is 0 Å². The first-order valence-corrected chi connectivity index (χ1v) is 19.7. The maximum Gasteiger partial charge on any atom is 0.101 e. The molecule has 53 heavy (non-hydrogen) atoms. The average molecular weight is 735 g/mol. The number of thiol groups is 1. The van der Waals surface area contributed by atoms with Gasteiger partial charge in [-0.1, -0.05) is 121 Å². The molecule has 0 bridgehead atoms. The molecule has 2 nitrogen and oxygen atoms in total. The first-order chi connectivity index (χ1) is 26.2. The van der Waals surface area contributed by atoms with Crippen LogP contribution in [0.1, 0.15) is 0 Å².